The maximum Gasteiger partial charge on any atom is 0.237 e. The molecule has 1 saturated heterocycles. The maximum atomic E-state index is 11.7. The van der Waals surface area contributed by atoms with Gasteiger partial charge in [-0.05, 0) is 19.1 Å². The molecule has 1 fully saturated rings. The fraction of sp³-hybridized carbons (Fsp3) is 0.500. The van der Waals surface area contributed by atoms with Crippen molar-refractivity contribution in [1.82, 2.24) is 4.90 Å². The molecule has 0 bridgehead atoms. The van der Waals surface area contributed by atoms with Crippen molar-refractivity contribution in [3.05, 3.63) is 23.2 Å². The van der Waals surface area contributed by atoms with Crippen LogP contribution in [0.25, 0.3) is 0 Å². The molecule has 20 heavy (non-hydrogen) atoms. The van der Waals surface area contributed by atoms with Crippen molar-refractivity contribution >= 4 is 34.8 Å². The molecule has 2 rings (SSSR count). The second-order valence-electron chi connectivity index (χ2n) is 4.83. The molecule has 1 aliphatic rings. The van der Waals surface area contributed by atoms with Crippen molar-refractivity contribution < 1.29 is 9.53 Å². The zero-order valence-corrected chi connectivity index (χ0v) is 13.1. The van der Waals surface area contributed by atoms with E-state index >= 15 is 0 Å². The average molecular weight is 317 g/mol. The predicted octanol–water partition coefficient (Wildman–Crippen LogP) is 2.62. The lowest BCUT2D eigenvalue weighted by molar-refractivity contribution is -0.130. The summed E-state index contributed by atoms with van der Waals surface area (Å²) < 4.78 is 5.24. The number of nitrogens with zero attached hydrogens (tertiary/aromatic N) is 2. The lowest BCUT2D eigenvalue weighted by Gasteiger charge is -2.40. The van der Waals surface area contributed by atoms with Crippen molar-refractivity contribution in [1.29, 1.82) is 0 Å². The first-order valence-corrected chi connectivity index (χ1v) is 7.42. The Bertz CT molecular complexity index is 496. The molecular weight excluding hydrogens is 299 g/mol. The molecule has 4 nitrogen and oxygen atoms in total. The Morgan fingerprint density at radius 1 is 1.45 bits per heavy atom. The fourth-order valence-corrected chi connectivity index (χ4v) is 2.83. The Morgan fingerprint density at radius 2 is 2.20 bits per heavy atom. The summed E-state index contributed by atoms with van der Waals surface area (Å²) in [5.74, 6) is 0.697. The third-order valence-electron chi connectivity index (χ3n) is 3.56. The smallest absolute Gasteiger partial charge is 0.237 e. The fourth-order valence-electron chi connectivity index (χ4n) is 2.48. The first-order valence-electron chi connectivity index (χ1n) is 6.50. The van der Waals surface area contributed by atoms with E-state index in [2.05, 4.69) is 4.90 Å². The minimum absolute atomic E-state index is 0.00694. The van der Waals surface area contributed by atoms with Crippen LogP contribution >= 0.6 is 23.2 Å². The van der Waals surface area contributed by atoms with Crippen LogP contribution in [-0.4, -0.2) is 49.5 Å². The van der Waals surface area contributed by atoms with Crippen LogP contribution in [-0.2, 0) is 4.79 Å². The molecule has 0 saturated carbocycles. The van der Waals surface area contributed by atoms with E-state index in [1.165, 1.54) is 0 Å². The number of benzene rings is 1. The van der Waals surface area contributed by atoms with Gasteiger partial charge in [-0.15, -0.1) is 11.6 Å². The largest absolute Gasteiger partial charge is 0.495 e. The Labute approximate surface area is 129 Å². The van der Waals surface area contributed by atoms with Crippen LogP contribution in [0.3, 0.4) is 0 Å². The molecule has 1 amide bonds. The Morgan fingerprint density at radius 3 is 2.80 bits per heavy atom. The minimum atomic E-state index is -0.00694. The van der Waals surface area contributed by atoms with Crippen LogP contribution in [0.2, 0.25) is 5.02 Å². The first kappa shape index (κ1) is 15.3. The van der Waals surface area contributed by atoms with E-state index in [4.69, 9.17) is 27.9 Å². The van der Waals surface area contributed by atoms with Gasteiger partial charge in [0.2, 0.25) is 5.91 Å². The summed E-state index contributed by atoms with van der Waals surface area (Å²) in [6, 6.07) is 5.86. The van der Waals surface area contributed by atoms with Gasteiger partial charge in [-0.3, -0.25) is 4.79 Å². The number of alkyl halides is 1. The summed E-state index contributed by atoms with van der Waals surface area (Å²) in [5.41, 5.74) is 1.05. The number of amides is 1. The third kappa shape index (κ3) is 3.13. The van der Waals surface area contributed by atoms with Crippen molar-refractivity contribution in [2.75, 3.05) is 37.5 Å². The molecule has 0 radical (unpaired) electrons. The van der Waals surface area contributed by atoms with E-state index in [1.54, 1.807) is 7.11 Å². The molecule has 6 heteroatoms. The Balaban J connectivity index is 2.11. The topological polar surface area (TPSA) is 32.8 Å². The summed E-state index contributed by atoms with van der Waals surface area (Å²) in [6.07, 6.45) is 0. The van der Waals surface area contributed by atoms with E-state index in [0.717, 1.165) is 18.8 Å². The zero-order chi connectivity index (χ0) is 14.7. The highest BCUT2D eigenvalue weighted by molar-refractivity contribution is 6.32. The number of hydrogen-bond donors (Lipinski definition) is 0. The zero-order valence-electron chi connectivity index (χ0n) is 11.6. The lowest BCUT2D eigenvalue weighted by atomic mass is 10.1. The molecule has 0 aromatic heterocycles. The molecule has 1 aromatic carbocycles. The van der Waals surface area contributed by atoms with E-state index in [1.807, 2.05) is 30.0 Å². The number of methoxy groups -OCH3 is 1. The highest BCUT2D eigenvalue weighted by atomic mass is 35.5. The number of hydrogen-bond acceptors (Lipinski definition) is 3. The molecule has 1 atom stereocenters. The minimum Gasteiger partial charge on any atom is -0.495 e. The molecule has 1 unspecified atom stereocenters. The van der Waals surface area contributed by atoms with Crippen LogP contribution < -0.4 is 9.64 Å². The van der Waals surface area contributed by atoms with Gasteiger partial charge in [-0.2, -0.15) is 0 Å². The first-order chi connectivity index (χ1) is 9.56. The summed E-state index contributed by atoms with van der Waals surface area (Å²) in [6.45, 7) is 4.26. The summed E-state index contributed by atoms with van der Waals surface area (Å²) in [4.78, 5) is 15.8. The van der Waals surface area contributed by atoms with Crippen molar-refractivity contribution in [3.8, 4) is 5.75 Å². The van der Waals surface area contributed by atoms with E-state index in [-0.39, 0.29) is 17.8 Å². The number of carbonyl (C=O) groups excluding carboxylic acids is 1. The third-order valence-corrected chi connectivity index (χ3v) is 4.10. The van der Waals surface area contributed by atoms with Crippen molar-refractivity contribution in [2.45, 2.75) is 13.0 Å². The van der Waals surface area contributed by atoms with Gasteiger partial charge in [0.1, 0.15) is 11.6 Å². The van der Waals surface area contributed by atoms with Crippen molar-refractivity contribution in [3.63, 3.8) is 0 Å². The number of ether oxygens (including phenoxy) is 1. The molecule has 0 aliphatic carbocycles. The van der Waals surface area contributed by atoms with Crippen LogP contribution in [0.4, 0.5) is 5.69 Å². The molecule has 0 N–H and O–H groups in total. The summed E-state index contributed by atoms with van der Waals surface area (Å²) in [5, 5.41) is 0.597. The second-order valence-corrected chi connectivity index (χ2v) is 5.51. The lowest BCUT2D eigenvalue weighted by Crippen LogP contribution is -2.54. The molecule has 1 aromatic rings. The predicted molar refractivity (Wildman–Crippen MR) is 82.1 cm³/mol. The van der Waals surface area contributed by atoms with Crippen LogP contribution in [0, 0.1) is 0 Å². The van der Waals surface area contributed by atoms with Gasteiger partial charge < -0.3 is 14.5 Å². The van der Waals surface area contributed by atoms with Crippen LogP contribution in [0.15, 0.2) is 18.2 Å². The molecule has 1 heterocycles. The summed E-state index contributed by atoms with van der Waals surface area (Å²) in [7, 11) is 1.60. The van der Waals surface area contributed by atoms with Gasteiger partial charge in [0.25, 0.3) is 0 Å². The number of carbonyl (C=O) groups is 1. The number of halogens is 2. The standard InChI is InChI=1S/C14H18Cl2N2O2/c1-10-9-17(5-6-18(10)14(19)8-15)11-3-4-12(16)13(7-11)20-2/h3-4,7,10H,5-6,8-9H2,1-2H3. The second kappa shape index (κ2) is 6.55. The highest BCUT2D eigenvalue weighted by Crippen LogP contribution is 2.30. The quantitative estimate of drug-likeness (QED) is 0.804. The Hall–Kier alpha value is -1.13. The van der Waals surface area contributed by atoms with Crippen LogP contribution in [0.5, 0.6) is 5.75 Å². The van der Waals surface area contributed by atoms with Crippen molar-refractivity contribution in [2.24, 2.45) is 0 Å². The van der Waals surface area contributed by atoms with E-state index < -0.39 is 0 Å². The van der Waals surface area contributed by atoms with Gasteiger partial charge in [-0.25, -0.2) is 0 Å². The molecule has 1 aliphatic heterocycles. The SMILES string of the molecule is COc1cc(N2CCN(C(=O)CCl)C(C)C2)ccc1Cl. The van der Waals surface area contributed by atoms with E-state index in [9.17, 15) is 4.79 Å². The average Bonchev–Trinajstić information content (AvgIpc) is 2.47. The van der Waals surface area contributed by atoms with Gasteiger partial charge in [0.15, 0.2) is 0 Å². The molecular formula is C14H18Cl2N2O2. The van der Waals surface area contributed by atoms with Gasteiger partial charge >= 0.3 is 0 Å². The number of piperazine rings is 1. The number of rotatable bonds is 3. The highest BCUT2D eigenvalue weighted by Gasteiger charge is 2.27. The monoisotopic (exact) mass is 316 g/mol. The van der Waals surface area contributed by atoms with Crippen LogP contribution in [0.1, 0.15) is 6.92 Å². The van der Waals surface area contributed by atoms with Gasteiger partial charge in [0, 0.05) is 37.4 Å². The van der Waals surface area contributed by atoms with Gasteiger partial charge in [0.05, 0.1) is 12.1 Å². The normalized spacial score (nSPS) is 19.1. The Kier molecular flexibility index (Phi) is 5.00. The molecule has 0 spiro atoms. The molecule has 110 valence electrons. The van der Waals surface area contributed by atoms with Gasteiger partial charge in [-0.1, -0.05) is 11.6 Å². The number of anilines is 1. The summed E-state index contributed by atoms with van der Waals surface area (Å²) >= 11 is 11.7. The van der Waals surface area contributed by atoms with E-state index in [0.29, 0.717) is 17.3 Å². The maximum absolute atomic E-state index is 11.7.